The first kappa shape index (κ1) is 14.8. The van der Waals surface area contributed by atoms with Crippen LogP contribution in [0, 0.1) is 0 Å². The van der Waals surface area contributed by atoms with Crippen LogP contribution in [0.1, 0.15) is 38.4 Å². The van der Waals surface area contributed by atoms with Crippen molar-refractivity contribution in [3.8, 4) is 0 Å². The van der Waals surface area contributed by atoms with Gasteiger partial charge in [0.05, 0.1) is 24.4 Å². The fraction of sp³-hybridized carbons (Fsp3) is 0.600. The molecule has 110 valence electrons. The van der Waals surface area contributed by atoms with Gasteiger partial charge in [0.2, 0.25) is 0 Å². The normalized spacial score (nSPS) is 17.4. The highest BCUT2D eigenvalue weighted by molar-refractivity contribution is 5.75. The standard InChI is InChI=1S/C15H23N3O2/c1-11(10-20-3)17-15(19)18(13-7-8-13)12(2)14-6-4-5-9-16-14/h4-6,9,11-13H,7-8,10H2,1-3H3,(H,17,19)/t11-,12+/m0/s1. The molecule has 1 aromatic heterocycles. The number of carbonyl (C=O) groups excluding carboxylic acids is 1. The molecule has 0 bridgehead atoms. The summed E-state index contributed by atoms with van der Waals surface area (Å²) in [6, 6.07) is 6.10. The monoisotopic (exact) mass is 277 g/mol. The van der Waals surface area contributed by atoms with E-state index in [1.165, 1.54) is 0 Å². The number of carbonyl (C=O) groups is 1. The average molecular weight is 277 g/mol. The average Bonchev–Trinajstić information content (AvgIpc) is 3.24. The number of amides is 2. The molecule has 1 heterocycles. The quantitative estimate of drug-likeness (QED) is 0.868. The molecule has 5 nitrogen and oxygen atoms in total. The maximum Gasteiger partial charge on any atom is 0.318 e. The number of nitrogens with one attached hydrogen (secondary N) is 1. The number of urea groups is 1. The highest BCUT2D eigenvalue weighted by Gasteiger charge is 2.37. The lowest BCUT2D eigenvalue weighted by Crippen LogP contribution is -2.47. The first-order valence-corrected chi connectivity index (χ1v) is 7.12. The Balaban J connectivity index is 2.05. The van der Waals surface area contributed by atoms with E-state index in [0.717, 1.165) is 18.5 Å². The van der Waals surface area contributed by atoms with E-state index in [-0.39, 0.29) is 18.1 Å². The number of hydrogen-bond acceptors (Lipinski definition) is 3. The summed E-state index contributed by atoms with van der Waals surface area (Å²) in [7, 11) is 1.64. The molecule has 20 heavy (non-hydrogen) atoms. The third kappa shape index (κ3) is 3.70. The van der Waals surface area contributed by atoms with Crippen molar-refractivity contribution in [3.05, 3.63) is 30.1 Å². The van der Waals surface area contributed by atoms with Crippen LogP contribution in [-0.2, 0) is 4.74 Å². The molecule has 2 amide bonds. The smallest absolute Gasteiger partial charge is 0.318 e. The zero-order valence-electron chi connectivity index (χ0n) is 12.4. The highest BCUT2D eigenvalue weighted by Crippen LogP contribution is 2.33. The second kappa shape index (κ2) is 6.70. The number of nitrogens with zero attached hydrogens (tertiary/aromatic N) is 2. The van der Waals surface area contributed by atoms with Gasteiger partial charge in [0, 0.05) is 19.3 Å². The molecule has 5 heteroatoms. The van der Waals surface area contributed by atoms with E-state index in [1.807, 2.05) is 36.9 Å². The Kier molecular flexibility index (Phi) is 4.95. The van der Waals surface area contributed by atoms with Crippen LogP contribution in [-0.4, -0.2) is 41.7 Å². The predicted molar refractivity (Wildman–Crippen MR) is 77.4 cm³/mol. The predicted octanol–water partition coefficient (Wildman–Crippen LogP) is 2.35. The zero-order chi connectivity index (χ0) is 14.5. The molecule has 2 atom stereocenters. The van der Waals surface area contributed by atoms with E-state index in [0.29, 0.717) is 12.6 Å². The Morgan fingerprint density at radius 3 is 2.80 bits per heavy atom. The molecule has 0 radical (unpaired) electrons. The van der Waals surface area contributed by atoms with Gasteiger partial charge < -0.3 is 15.0 Å². The highest BCUT2D eigenvalue weighted by atomic mass is 16.5. The number of pyridine rings is 1. The van der Waals surface area contributed by atoms with Crippen LogP contribution in [0.5, 0.6) is 0 Å². The van der Waals surface area contributed by atoms with Crippen molar-refractivity contribution in [2.24, 2.45) is 0 Å². The van der Waals surface area contributed by atoms with Crippen molar-refractivity contribution in [2.75, 3.05) is 13.7 Å². The van der Waals surface area contributed by atoms with Crippen LogP contribution >= 0.6 is 0 Å². The van der Waals surface area contributed by atoms with Gasteiger partial charge in [-0.05, 0) is 38.8 Å². The van der Waals surface area contributed by atoms with Gasteiger partial charge in [-0.25, -0.2) is 4.79 Å². The summed E-state index contributed by atoms with van der Waals surface area (Å²) in [6.45, 7) is 4.49. The number of rotatable bonds is 6. The van der Waals surface area contributed by atoms with Gasteiger partial charge in [-0.15, -0.1) is 0 Å². The molecule has 0 aromatic carbocycles. The van der Waals surface area contributed by atoms with Gasteiger partial charge >= 0.3 is 6.03 Å². The molecule has 1 N–H and O–H groups in total. The molecule has 0 unspecified atom stereocenters. The van der Waals surface area contributed by atoms with Crippen molar-refractivity contribution in [2.45, 2.75) is 44.8 Å². The number of aromatic nitrogens is 1. The maximum absolute atomic E-state index is 12.5. The van der Waals surface area contributed by atoms with Crippen molar-refractivity contribution in [1.29, 1.82) is 0 Å². The topological polar surface area (TPSA) is 54.5 Å². The largest absolute Gasteiger partial charge is 0.383 e. The Labute approximate surface area is 120 Å². The number of methoxy groups -OCH3 is 1. The molecule has 1 fully saturated rings. The first-order valence-electron chi connectivity index (χ1n) is 7.12. The summed E-state index contributed by atoms with van der Waals surface area (Å²) in [5.41, 5.74) is 0.925. The zero-order valence-corrected chi connectivity index (χ0v) is 12.4. The first-order chi connectivity index (χ1) is 9.63. The summed E-state index contributed by atoms with van der Waals surface area (Å²) in [5.74, 6) is 0. The van der Waals surface area contributed by atoms with E-state index in [4.69, 9.17) is 4.74 Å². The number of hydrogen-bond donors (Lipinski definition) is 1. The molecule has 0 saturated heterocycles. The van der Waals surface area contributed by atoms with Crippen molar-refractivity contribution < 1.29 is 9.53 Å². The Bertz CT molecular complexity index is 434. The van der Waals surface area contributed by atoms with Crippen LogP contribution in [0.15, 0.2) is 24.4 Å². The van der Waals surface area contributed by atoms with E-state index in [2.05, 4.69) is 10.3 Å². The van der Waals surface area contributed by atoms with Gasteiger partial charge in [-0.3, -0.25) is 4.98 Å². The molecule has 0 spiro atoms. The summed E-state index contributed by atoms with van der Waals surface area (Å²) in [5, 5.41) is 2.99. The summed E-state index contributed by atoms with van der Waals surface area (Å²) >= 11 is 0. The molecule has 2 rings (SSSR count). The van der Waals surface area contributed by atoms with E-state index >= 15 is 0 Å². The molecule has 1 aliphatic carbocycles. The van der Waals surface area contributed by atoms with Gasteiger partial charge in [0.25, 0.3) is 0 Å². The molecule has 1 aromatic rings. The van der Waals surface area contributed by atoms with E-state index in [9.17, 15) is 4.79 Å². The lowest BCUT2D eigenvalue weighted by atomic mass is 10.2. The second-order valence-corrected chi connectivity index (χ2v) is 5.37. The summed E-state index contributed by atoms with van der Waals surface area (Å²) in [6.07, 6.45) is 3.91. The van der Waals surface area contributed by atoms with Gasteiger partial charge in [-0.1, -0.05) is 6.07 Å². The van der Waals surface area contributed by atoms with Crippen LogP contribution in [0.25, 0.3) is 0 Å². The van der Waals surface area contributed by atoms with Crippen molar-refractivity contribution in [1.82, 2.24) is 15.2 Å². The van der Waals surface area contributed by atoms with Crippen molar-refractivity contribution >= 4 is 6.03 Å². The third-order valence-corrected chi connectivity index (χ3v) is 3.49. The minimum atomic E-state index is -0.0322. The van der Waals surface area contributed by atoms with Crippen molar-refractivity contribution in [3.63, 3.8) is 0 Å². The molecule has 0 aliphatic heterocycles. The maximum atomic E-state index is 12.5. The van der Waals surface area contributed by atoms with E-state index in [1.54, 1.807) is 13.3 Å². The lowest BCUT2D eigenvalue weighted by Gasteiger charge is -2.30. The Morgan fingerprint density at radius 2 is 2.25 bits per heavy atom. The van der Waals surface area contributed by atoms with Gasteiger partial charge in [0.1, 0.15) is 0 Å². The fourth-order valence-electron chi connectivity index (χ4n) is 2.35. The molecular weight excluding hydrogens is 254 g/mol. The van der Waals surface area contributed by atoms with Crippen LogP contribution in [0.3, 0.4) is 0 Å². The van der Waals surface area contributed by atoms with Crippen LogP contribution in [0.4, 0.5) is 4.79 Å². The van der Waals surface area contributed by atoms with Crippen LogP contribution < -0.4 is 5.32 Å². The second-order valence-electron chi connectivity index (χ2n) is 5.37. The summed E-state index contributed by atoms with van der Waals surface area (Å²) in [4.78, 5) is 18.7. The van der Waals surface area contributed by atoms with Crippen LogP contribution in [0.2, 0.25) is 0 Å². The molecule has 1 aliphatic rings. The SMILES string of the molecule is COC[C@H](C)NC(=O)N(C1CC1)[C@H](C)c1ccccn1. The third-order valence-electron chi connectivity index (χ3n) is 3.49. The summed E-state index contributed by atoms with van der Waals surface area (Å²) < 4.78 is 5.06. The van der Waals surface area contributed by atoms with Gasteiger partial charge in [0.15, 0.2) is 0 Å². The number of ether oxygens (including phenoxy) is 1. The minimum Gasteiger partial charge on any atom is -0.383 e. The molecule has 1 saturated carbocycles. The Morgan fingerprint density at radius 1 is 1.50 bits per heavy atom. The minimum absolute atomic E-state index is 0.00434. The fourth-order valence-corrected chi connectivity index (χ4v) is 2.35. The lowest BCUT2D eigenvalue weighted by molar-refractivity contribution is 0.148. The Hall–Kier alpha value is -1.62. The van der Waals surface area contributed by atoms with Gasteiger partial charge in [-0.2, -0.15) is 0 Å². The van der Waals surface area contributed by atoms with E-state index < -0.39 is 0 Å². The molecular formula is C15H23N3O2.